The number of likely N-dealkylation sites (N-methyl/N-ethyl adjacent to an activating group) is 1. The molecule has 1 aliphatic heterocycles. The lowest BCUT2D eigenvalue weighted by atomic mass is 9.93. The molecule has 1 aromatic carbocycles. The molecule has 100 valence electrons. The van der Waals surface area contributed by atoms with E-state index in [1.165, 1.54) is 25.1 Å². The van der Waals surface area contributed by atoms with Crippen LogP contribution in [0.4, 0.5) is 0 Å². The summed E-state index contributed by atoms with van der Waals surface area (Å²) in [5.74, 6) is 0. The number of hydrogen-bond donors (Lipinski definition) is 1. The first-order chi connectivity index (χ1) is 8.53. The van der Waals surface area contributed by atoms with Crippen molar-refractivity contribution in [2.75, 3.05) is 20.1 Å². The Balaban J connectivity index is 2.09. The Morgan fingerprint density at radius 1 is 1.22 bits per heavy atom. The van der Waals surface area contributed by atoms with Crippen LogP contribution in [0, 0.1) is 5.41 Å². The van der Waals surface area contributed by atoms with Crippen LogP contribution in [0.25, 0.3) is 0 Å². The van der Waals surface area contributed by atoms with Gasteiger partial charge in [0.25, 0.3) is 0 Å². The summed E-state index contributed by atoms with van der Waals surface area (Å²) in [7, 11) is 2.06. The molecule has 1 heterocycles. The maximum absolute atomic E-state index is 3.48. The number of nitrogens with zero attached hydrogens (tertiary/aromatic N) is 1. The van der Waals surface area contributed by atoms with Crippen LogP contribution in [0.5, 0.6) is 0 Å². The van der Waals surface area contributed by atoms with Crippen LogP contribution >= 0.6 is 0 Å². The van der Waals surface area contributed by atoms with E-state index in [4.69, 9.17) is 0 Å². The van der Waals surface area contributed by atoms with E-state index < -0.39 is 0 Å². The summed E-state index contributed by atoms with van der Waals surface area (Å²) >= 11 is 0. The largest absolute Gasteiger partial charge is 0.312 e. The van der Waals surface area contributed by atoms with Gasteiger partial charge in [0.05, 0.1) is 0 Å². The summed E-state index contributed by atoms with van der Waals surface area (Å²) in [4.78, 5) is 2.62. The van der Waals surface area contributed by atoms with Gasteiger partial charge in [0.2, 0.25) is 0 Å². The minimum Gasteiger partial charge on any atom is -0.312 e. The van der Waals surface area contributed by atoms with Crippen LogP contribution in [0.2, 0.25) is 0 Å². The molecule has 2 rings (SSSR count). The first-order valence-electron chi connectivity index (χ1n) is 7.00. The molecule has 1 saturated heterocycles. The Morgan fingerprint density at radius 3 is 2.39 bits per heavy atom. The minimum absolute atomic E-state index is 0.417. The zero-order chi connectivity index (χ0) is 13.2. The Bertz CT molecular complexity index is 372. The van der Waals surface area contributed by atoms with E-state index >= 15 is 0 Å². The first kappa shape index (κ1) is 13.6. The molecule has 0 bridgehead atoms. The standard InChI is InChI=1S/C16H26N2/c1-13(18-11-10-16(2,3)12-18)15(17-4)14-8-6-5-7-9-14/h5-9,13,15,17H,10-12H2,1-4H3. The third-order valence-electron chi connectivity index (χ3n) is 4.23. The van der Waals surface area contributed by atoms with Gasteiger partial charge in [-0.1, -0.05) is 44.2 Å². The summed E-state index contributed by atoms with van der Waals surface area (Å²) in [5.41, 5.74) is 1.86. The maximum atomic E-state index is 3.48. The molecule has 1 aromatic rings. The van der Waals surface area contributed by atoms with Crippen molar-refractivity contribution in [2.24, 2.45) is 5.41 Å². The fraction of sp³-hybridized carbons (Fsp3) is 0.625. The van der Waals surface area contributed by atoms with Gasteiger partial charge >= 0.3 is 0 Å². The van der Waals surface area contributed by atoms with Crippen LogP contribution in [0.15, 0.2) is 30.3 Å². The fourth-order valence-corrected chi connectivity index (χ4v) is 3.06. The van der Waals surface area contributed by atoms with E-state index in [0.717, 1.165) is 0 Å². The van der Waals surface area contributed by atoms with Gasteiger partial charge in [-0.2, -0.15) is 0 Å². The second-order valence-electron chi connectivity index (χ2n) is 6.30. The van der Waals surface area contributed by atoms with Crippen LogP contribution < -0.4 is 5.32 Å². The van der Waals surface area contributed by atoms with Crippen molar-refractivity contribution >= 4 is 0 Å². The molecular formula is C16H26N2. The molecular weight excluding hydrogens is 220 g/mol. The van der Waals surface area contributed by atoms with Crippen molar-refractivity contribution in [1.29, 1.82) is 0 Å². The maximum Gasteiger partial charge on any atom is 0.0473 e. The molecule has 2 atom stereocenters. The smallest absolute Gasteiger partial charge is 0.0473 e. The molecule has 2 nitrogen and oxygen atoms in total. The summed E-state index contributed by atoms with van der Waals surface area (Å²) in [6, 6.07) is 11.7. The van der Waals surface area contributed by atoms with Gasteiger partial charge in [0.15, 0.2) is 0 Å². The molecule has 1 N–H and O–H groups in total. The highest BCUT2D eigenvalue weighted by Crippen LogP contribution is 2.33. The number of nitrogens with one attached hydrogen (secondary N) is 1. The zero-order valence-corrected chi connectivity index (χ0v) is 12.1. The summed E-state index contributed by atoms with van der Waals surface area (Å²) in [6.07, 6.45) is 1.31. The zero-order valence-electron chi connectivity index (χ0n) is 12.1. The number of benzene rings is 1. The minimum atomic E-state index is 0.417. The Labute approximate surface area is 111 Å². The van der Waals surface area contributed by atoms with E-state index in [-0.39, 0.29) is 0 Å². The Morgan fingerprint density at radius 2 is 1.89 bits per heavy atom. The van der Waals surface area contributed by atoms with Gasteiger partial charge in [-0.15, -0.1) is 0 Å². The van der Waals surface area contributed by atoms with Crippen molar-refractivity contribution in [3.63, 3.8) is 0 Å². The van der Waals surface area contributed by atoms with Crippen molar-refractivity contribution in [3.8, 4) is 0 Å². The highest BCUT2D eigenvalue weighted by atomic mass is 15.2. The molecule has 0 spiro atoms. The summed E-state index contributed by atoms with van der Waals surface area (Å²) in [5, 5.41) is 3.48. The van der Waals surface area contributed by atoms with E-state index in [1.807, 2.05) is 0 Å². The van der Waals surface area contributed by atoms with Crippen LogP contribution in [0.1, 0.15) is 38.8 Å². The number of hydrogen-bond acceptors (Lipinski definition) is 2. The topological polar surface area (TPSA) is 15.3 Å². The predicted octanol–water partition coefficient (Wildman–Crippen LogP) is 3.07. The van der Waals surface area contributed by atoms with Crippen molar-refractivity contribution in [1.82, 2.24) is 10.2 Å². The quantitative estimate of drug-likeness (QED) is 0.878. The number of likely N-dealkylation sites (tertiary alicyclic amines) is 1. The lowest BCUT2D eigenvalue weighted by molar-refractivity contribution is 0.192. The van der Waals surface area contributed by atoms with E-state index in [0.29, 0.717) is 17.5 Å². The average molecular weight is 246 g/mol. The second-order valence-corrected chi connectivity index (χ2v) is 6.30. The molecule has 0 radical (unpaired) electrons. The van der Waals surface area contributed by atoms with Crippen molar-refractivity contribution < 1.29 is 0 Å². The van der Waals surface area contributed by atoms with Gasteiger partial charge < -0.3 is 5.32 Å². The van der Waals surface area contributed by atoms with Gasteiger partial charge in [0.1, 0.15) is 0 Å². The molecule has 18 heavy (non-hydrogen) atoms. The lowest BCUT2D eigenvalue weighted by Gasteiger charge is -2.33. The normalized spacial score (nSPS) is 22.9. The third kappa shape index (κ3) is 2.93. The van der Waals surface area contributed by atoms with Gasteiger partial charge in [-0.25, -0.2) is 0 Å². The molecule has 2 unspecified atom stereocenters. The van der Waals surface area contributed by atoms with E-state index in [2.05, 4.69) is 68.4 Å². The highest BCUT2D eigenvalue weighted by molar-refractivity contribution is 5.20. The van der Waals surface area contributed by atoms with Gasteiger partial charge in [-0.05, 0) is 37.9 Å². The SMILES string of the molecule is CNC(c1ccccc1)C(C)N1CCC(C)(C)C1. The third-order valence-corrected chi connectivity index (χ3v) is 4.23. The molecule has 2 heteroatoms. The average Bonchev–Trinajstić information content (AvgIpc) is 2.72. The Hall–Kier alpha value is -0.860. The molecule has 0 aliphatic carbocycles. The molecule has 0 aromatic heterocycles. The lowest BCUT2D eigenvalue weighted by Crippen LogP contribution is -2.41. The van der Waals surface area contributed by atoms with Crippen molar-refractivity contribution in [2.45, 2.75) is 39.3 Å². The summed E-state index contributed by atoms with van der Waals surface area (Å²) < 4.78 is 0. The fourth-order valence-electron chi connectivity index (χ4n) is 3.06. The molecule has 0 amide bonds. The number of rotatable bonds is 4. The molecule has 1 aliphatic rings. The van der Waals surface area contributed by atoms with Gasteiger partial charge in [-0.3, -0.25) is 4.90 Å². The monoisotopic (exact) mass is 246 g/mol. The second kappa shape index (κ2) is 5.41. The molecule has 0 saturated carbocycles. The molecule has 1 fully saturated rings. The van der Waals surface area contributed by atoms with E-state index in [9.17, 15) is 0 Å². The summed E-state index contributed by atoms with van der Waals surface area (Å²) in [6.45, 7) is 9.52. The predicted molar refractivity (Wildman–Crippen MR) is 77.7 cm³/mol. The van der Waals surface area contributed by atoms with E-state index in [1.54, 1.807) is 0 Å². The van der Waals surface area contributed by atoms with Crippen molar-refractivity contribution in [3.05, 3.63) is 35.9 Å². The first-order valence-corrected chi connectivity index (χ1v) is 7.00. The van der Waals surface area contributed by atoms with Crippen LogP contribution in [-0.2, 0) is 0 Å². The highest BCUT2D eigenvalue weighted by Gasteiger charge is 2.34. The Kier molecular flexibility index (Phi) is 4.08. The van der Waals surface area contributed by atoms with Gasteiger partial charge in [0, 0.05) is 18.6 Å². The van der Waals surface area contributed by atoms with Crippen LogP contribution in [-0.4, -0.2) is 31.1 Å². The van der Waals surface area contributed by atoms with Crippen LogP contribution in [0.3, 0.4) is 0 Å².